The lowest BCUT2D eigenvalue weighted by Gasteiger charge is -2.08. The van der Waals surface area contributed by atoms with Crippen LogP contribution >= 0.6 is 0 Å². The Kier molecular flexibility index (Phi) is 3.75. The largest absolute Gasteiger partial charge is 0.372 e. The summed E-state index contributed by atoms with van der Waals surface area (Å²) in [6, 6.07) is 8.72. The molecule has 1 saturated heterocycles. The molecule has 15 heavy (non-hydrogen) atoms. The van der Waals surface area contributed by atoms with E-state index in [1.54, 1.807) is 0 Å². The Morgan fingerprint density at radius 3 is 3.13 bits per heavy atom. The number of quaternary nitrogens is 1. The maximum Gasteiger partial charge on any atom is 0.106 e. The third-order valence-electron chi connectivity index (χ3n) is 2.92. The van der Waals surface area contributed by atoms with E-state index in [0.29, 0.717) is 6.10 Å². The summed E-state index contributed by atoms with van der Waals surface area (Å²) in [7, 11) is 0. The number of rotatable bonds is 4. The minimum absolute atomic E-state index is 0.495. The molecule has 1 aliphatic heterocycles. The normalized spacial score (nSPS) is 20.7. The lowest BCUT2D eigenvalue weighted by molar-refractivity contribution is -0.676. The quantitative estimate of drug-likeness (QED) is 0.788. The van der Waals surface area contributed by atoms with Crippen LogP contribution in [0.15, 0.2) is 24.3 Å². The van der Waals surface area contributed by atoms with Gasteiger partial charge in [0.25, 0.3) is 0 Å². The summed E-state index contributed by atoms with van der Waals surface area (Å²) in [5.41, 5.74) is 2.76. The molecule has 1 atom stereocenters. The van der Waals surface area contributed by atoms with E-state index in [2.05, 4.69) is 36.5 Å². The van der Waals surface area contributed by atoms with Gasteiger partial charge in [0.2, 0.25) is 0 Å². The zero-order chi connectivity index (χ0) is 10.5. The van der Waals surface area contributed by atoms with Crippen molar-refractivity contribution in [2.45, 2.75) is 32.4 Å². The monoisotopic (exact) mass is 206 g/mol. The topological polar surface area (TPSA) is 25.8 Å². The maximum absolute atomic E-state index is 5.58. The third kappa shape index (κ3) is 3.33. The van der Waals surface area contributed by atoms with Gasteiger partial charge in [-0.15, -0.1) is 0 Å². The third-order valence-corrected chi connectivity index (χ3v) is 2.92. The van der Waals surface area contributed by atoms with Gasteiger partial charge in [0.1, 0.15) is 19.2 Å². The van der Waals surface area contributed by atoms with E-state index in [0.717, 1.165) is 19.7 Å². The van der Waals surface area contributed by atoms with Crippen molar-refractivity contribution >= 4 is 0 Å². The first-order valence-corrected chi connectivity index (χ1v) is 5.83. The fraction of sp³-hybridized carbons (Fsp3) is 0.538. The summed E-state index contributed by atoms with van der Waals surface area (Å²) in [6.45, 7) is 5.28. The second kappa shape index (κ2) is 5.29. The molecule has 1 fully saturated rings. The lowest BCUT2D eigenvalue weighted by Crippen LogP contribution is -2.84. The van der Waals surface area contributed by atoms with Gasteiger partial charge in [0.15, 0.2) is 0 Å². The van der Waals surface area contributed by atoms with E-state index in [-0.39, 0.29) is 0 Å². The van der Waals surface area contributed by atoms with Crippen LogP contribution in [0, 0.1) is 6.92 Å². The molecular weight excluding hydrogens is 186 g/mol. The van der Waals surface area contributed by atoms with Crippen molar-refractivity contribution in [1.82, 2.24) is 0 Å². The maximum atomic E-state index is 5.58. The number of hydrogen-bond acceptors (Lipinski definition) is 1. The van der Waals surface area contributed by atoms with Crippen molar-refractivity contribution in [2.24, 2.45) is 0 Å². The molecule has 1 aromatic rings. The van der Waals surface area contributed by atoms with Gasteiger partial charge in [0.05, 0.1) is 0 Å². The summed E-state index contributed by atoms with van der Waals surface area (Å²) >= 11 is 0. The van der Waals surface area contributed by atoms with Gasteiger partial charge in [-0.2, -0.15) is 0 Å². The molecule has 0 aliphatic carbocycles. The van der Waals surface area contributed by atoms with E-state index in [9.17, 15) is 0 Å². The summed E-state index contributed by atoms with van der Waals surface area (Å²) in [5, 5.41) is 2.35. The molecule has 0 unspecified atom stereocenters. The number of aryl methyl sites for hydroxylation is 1. The van der Waals surface area contributed by atoms with E-state index in [4.69, 9.17) is 4.74 Å². The van der Waals surface area contributed by atoms with Crippen LogP contribution in [0.25, 0.3) is 0 Å². The van der Waals surface area contributed by atoms with E-state index < -0.39 is 0 Å². The minimum atomic E-state index is 0.495. The predicted octanol–water partition coefficient (Wildman–Crippen LogP) is 1.24. The van der Waals surface area contributed by atoms with Crippen LogP contribution in [0.4, 0.5) is 0 Å². The van der Waals surface area contributed by atoms with Crippen LogP contribution in [0.1, 0.15) is 24.0 Å². The molecule has 1 aliphatic rings. The standard InChI is InChI=1S/C13H19NO/c1-11-4-2-5-12(8-11)9-14-10-13-6-3-7-15-13/h2,4-5,8,13-14H,3,6-7,9-10H2,1H3/p+1/t13-/m1/s1. The van der Waals surface area contributed by atoms with Crippen LogP contribution < -0.4 is 5.32 Å². The average molecular weight is 206 g/mol. The smallest absolute Gasteiger partial charge is 0.106 e. The minimum Gasteiger partial charge on any atom is -0.372 e. The van der Waals surface area contributed by atoms with Crippen LogP contribution in [0.2, 0.25) is 0 Å². The van der Waals surface area contributed by atoms with Gasteiger partial charge in [-0.25, -0.2) is 0 Å². The van der Waals surface area contributed by atoms with Crippen molar-refractivity contribution in [3.05, 3.63) is 35.4 Å². The van der Waals surface area contributed by atoms with Crippen LogP contribution in [-0.4, -0.2) is 19.3 Å². The molecule has 2 heteroatoms. The summed E-state index contributed by atoms with van der Waals surface area (Å²) in [5.74, 6) is 0. The highest BCUT2D eigenvalue weighted by Crippen LogP contribution is 2.09. The Morgan fingerprint density at radius 1 is 1.47 bits per heavy atom. The molecule has 0 bridgehead atoms. The summed E-state index contributed by atoms with van der Waals surface area (Å²) in [4.78, 5) is 0. The molecule has 2 rings (SSSR count). The van der Waals surface area contributed by atoms with Crippen LogP contribution in [0.3, 0.4) is 0 Å². The summed E-state index contributed by atoms with van der Waals surface area (Å²) < 4.78 is 5.58. The fourth-order valence-electron chi connectivity index (χ4n) is 2.11. The molecule has 0 amide bonds. The molecule has 0 spiro atoms. The summed E-state index contributed by atoms with van der Waals surface area (Å²) in [6.07, 6.45) is 2.97. The first-order chi connectivity index (χ1) is 7.34. The van der Waals surface area contributed by atoms with Crippen molar-refractivity contribution < 1.29 is 10.1 Å². The van der Waals surface area contributed by atoms with Crippen LogP contribution in [-0.2, 0) is 11.3 Å². The predicted molar refractivity (Wildman–Crippen MR) is 60.6 cm³/mol. The van der Waals surface area contributed by atoms with Crippen LogP contribution in [0.5, 0.6) is 0 Å². The molecule has 82 valence electrons. The first-order valence-electron chi connectivity index (χ1n) is 5.83. The second-order valence-electron chi connectivity index (χ2n) is 4.35. The lowest BCUT2D eigenvalue weighted by atomic mass is 10.1. The van der Waals surface area contributed by atoms with Crippen molar-refractivity contribution in [1.29, 1.82) is 0 Å². The molecule has 2 N–H and O–H groups in total. The zero-order valence-corrected chi connectivity index (χ0v) is 9.41. The molecule has 2 nitrogen and oxygen atoms in total. The SMILES string of the molecule is Cc1cccc(C[NH2+]C[C@H]2CCCO2)c1. The molecular formula is C13H20NO+. The van der Waals surface area contributed by atoms with E-state index in [1.165, 1.54) is 24.0 Å². The molecule has 1 aromatic carbocycles. The van der Waals surface area contributed by atoms with E-state index >= 15 is 0 Å². The second-order valence-corrected chi connectivity index (χ2v) is 4.35. The Labute approximate surface area is 91.6 Å². The highest BCUT2D eigenvalue weighted by molar-refractivity contribution is 5.21. The zero-order valence-electron chi connectivity index (χ0n) is 9.41. The molecule has 1 heterocycles. The van der Waals surface area contributed by atoms with Crippen molar-refractivity contribution in [3.63, 3.8) is 0 Å². The molecule has 0 radical (unpaired) electrons. The highest BCUT2D eigenvalue weighted by atomic mass is 16.5. The number of ether oxygens (including phenoxy) is 1. The van der Waals surface area contributed by atoms with Crippen molar-refractivity contribution in [2.75, 3.05) is 13.2 Å². The number of hydrogen-bond donors (Lipinski definition) is 1. The number of benzene rings is 1. The van der Waals surface area contributed by atoms with Gasteiger partial charge in [-0.3, -0.25) is 0 Å². The van der Waals surface area contributed by atoms with Crippen molar-refractivity contribution in [3.8, 4) is 0 Å². The Bertz CT molecular complexity index is 305. The number of nitrogens with two attached hydrogens (primary N) is 1. The molecule has 0 saturated carbocycles. The molecule has 0 aromatic heterocycles. The van der Waals surface area contributed by atoms with Gasteiger partial charge >= 0.3 is 0 Å². The van der Waals surface area contributed by atoms with E-state index in [1.807, 2.05) is 0 Å². The Morgan fingerprint density at radius 2 is 2.40 bits per heavy atom. The Hall–Kier alpha value is -0.860. The Balaban J connectivity index is 1.73. The van der Waals surface area contributed by atoms with Gasteiger partial charge in [-0.1, -0.05) is 29.8 Å². The van der Waals surface area contributed by atoms with Gasteiger partial charge < -0.3 is 10.1 Å². The fourth-order valence-corrected chi connectivity index (χ4v) is 2.11. The van der Waals surface area contributed by atoms with Gasteiger partial charge in [0, 0.05) is 12.2 Å². The average Bonchev–Trinajstić information content (AvgIpc) is 2.71. The van der Waals surface area contributed by atoms with Gasteiger partial charge in [-0.05, 0) is 19.8 Å². The highest BCUT2D eigenvalue weighted by Gasteiger charge is 2.16. The first kappa shape index (κ1) is 10.7.